The molecule has 1 aliphatic heterocycles. The topological polar surface area (TPSA) is 64.3 Å². The molecule has 1 amide bonds. The number of benzene rings is 1. The molecule has 164 valence electrons. The molecule has 1 saturated heterocycles. The summed E-state index contributed by atoms with van der Waals surface area (Å²) in [7, 11) is 0. The number of hydrogen-bond donors (Lipinski definition) is 2. The van der Waals surface area contributed by atoms with Gasteiger partial charge < -0.3 is 15.2 Å². The van der Waals surface area contributed by atoms with Crippen molar-refractivity contribution < 1.29 is 4.79 Å². The second kappa shape index (κ2) is 11.4. The SMILES string of the molecule is CCc1cnc(C(=O)NCCCCCN2CCN(c3cccc(CC)c3Cl)CC2)[nH]1. The first-order chi connectivity index (χ1) is 14.6. The maximum absolute atomic E-state index is 12.0. The Bertz CT molecular complexity index is 814. The van der Waals surface area contributed by atoms with Gasteiger partial charge in [-0.1, -0.05) is 44.0 Å². The van der Waals surface area contributed by atoms with Crippen LogP contribution in [-0.4, -0.2) is 60.0 Å². The van der Waals surface area contributed by atoms with E-state index in [4.69, 9.17) is 11.6 Å². The molecule has 0 unspecified atom stereocenters. The van der Waals surface area contributed by atoms with Gasteiger partial charge in [0.15, 0.2) is 5.82 Å². The van der Waals surface area contributed by atoms with Gasteiger partial charge in [-0.2, -0.15) is 0 Å². The molecule has 7 heteroatoms. The summed E-state index contributed by atoms with van der Waals surface area (Å²) in [6.07, 6.45) is 6.81. The Hall–Kier alpha value is -2.05. The Labute approximate surface area is 185 Å². The summed E-state index contributed by atoms with van der Waals surface area (Å²) in [5.41, 5.74) is 3.39. The molecule has 0 saturated carbocycles. The monoisotopic (exact) mass is 431 g/mol. The summed E-state index contributed by atoms with van der Waals surface area (Å²) in [5.74, 6) is 0.297. The van der Waals surface area contributed by atoms with Gasteiger partial charge in [0.2, 0.25) is 0 Å². The minimum atomic E-state index is -0.114. The normalized spacial score (nSPS) is 14.8. The highest BCUT2D eigenvalue weighted by Gasteiger charge is 2.19. The van der Waals surface area contributed by atoms with Crippen LogP contribution in [0.1, 0.15) is 55.0 Å². The van der Waals surface area contributed by atoms with Crippen LogP contribution in [0.4, 0.5) is 5.69 Å². The molecule has 2 heterocycles. The number of imidazole rings is 1. The number of aryl methyl sites for hydroxylation is 2. The number of hydrogen-bond acceptors (Lipinski definition) is 4. The lowest BCUT2D eigenvalue weighted by Gasteiger charge is -2.36. The molecule has 3 rings (SSSR count). The highest BCUT2D eigenvalue weighted by atomic mass is 35.5. The van der Waals surface area contributed by atoms with Crippen molar-refractivity contribution in [2.45, 2.75) is 46.0 Å². The van der Waals surface area contributed by atoms with E-state index in [0.717, 1.165) is 75.5 Å². The van der Waals surface area contributed by atoms with Crippen molar-refractivity contribution in [2.75, 3.05) is 44.2 Å². The molecule has 1 aliphatic rings. The molecule has 0 aliphatic carbocycles. The third kappa shape index (κ3) is 5.99. The van der Waals surface area contributed by atoms with Gasteiger partial charge in [0, 0.05) is 44.6 Å². The van der Waals surface area contributed by atoms with Crippen LogP contribution in [-0.2, 0) is 12.8 Å². The van der Waals surface area contributed by atoms with E-state index in [2.05, 4.69) is 50.2 Å². The lowest BCUT2D eigenvalue weighted by Crippen LogP contribution is -2.46. The van der Waals surface area contributed by atoms with Crippen molar-refractivity contribution in [1.29, 1.82) is 0 Å². The van der Waals surface area contributed by atoms with Crippen LogP contribution >= 0.6 is 11.6 Å². The van der Waals surface area contributed by atoms with Crippen molar-refractivity contribution in [3.05, 3.63) is 46.5 Å². The van der Waals surface area contributed by atoms with Crippen molar-refractivity contribution >= 4 is 23.2 Å². The van der Waals surface area contributed by atoms with Gasteiger partial charge in [0.05, 0.1) is 10.7 Å². The fraction of sp³-hybridized carbons (Fsp3) is 0.565. The zero-order chi connectivity index (χ0) is 21.3. The summed E-state index contributed by atoms with van der Waals surface area (Å²) in [6, 6.07) is 6.36. The Balaban J connectivity index is 1.29. The molecule has 0 spiro atoms. The van der Waals surface area contributed by atoms with E-state index >= 15 is 0 Å². The number of aromatic amines is 1. The maximum atomic E-state index is 12.0. The lowest BCUT2D eigenvalue weighted by molar-refractivity contribution is 0.0943. The van der Waals surface area contributed by atoms with Crippen LogP contribution in [0.15, 0.2) is 24.4 Å². The molecule has 1 fully saturated rings. The molecular formula is C23H34ClN5O. The van der Waals surface area contributed by atoms with Crippen LogP contribution < -0.4 is 10.2 Å². The number of nitrogens with one attached hydrogen (secondary N) is 2. The minimum Gasteiger partial charge on any atom is -0.368 e. The number of anilines is 1. The Kier molecular flexibility index (Phi) is 8.58. The molecule has 0 bridgehead atoms. The Morgan fingerprint density at radius 2 is 1.93 bits per heavy atom. The van der Waals surface area contributed by atoms with Crippen molar-refractivity contribution in [2.24, 2.45) is 0 Å². The number of carbonyl (C=O) groups excluding carboxylic acids is 1. The number of carbonyl (C=O) groups is 1. The molecule has 1 aromatic heterocycles. The van der Waals surface area contributed by atoms with Gasteiger partial charge in [-0.05, 0) is 43.9 Å². The summed E-state index contributed by atoms with van der Waals surface area (Å²) in [6.45, 7) is 10.2. The molecule has 0 atom stereocenters. The number of aromatic nitrogens is 2. The molecule has 6 nitrogen and oxygen atoms in total. The van der Waals surface area contributed by atoms with E-state index in [1.807, 2.05) is 6.92 Å². The smallest absolute Gasteiger partial charge is 0.287 e. The lowest BCUT2D eigenvalue weighted by atomic mass is 10.1. The van der Waals surface area contributed by atoms with Gasteiger partial charge in [-0.3, -0.25) is 9.69 Å². The van der Waals surface area contributed by atoms with E-state index < -0.39 is 0 Å². The van der Waals surface area contributed by atoms with Crippen molar-refractivity contribution in [3.63, 3.8) is 0 Å². The number of halogens is 1. The number of amides is 1. The van der Waals surface area contributed by atoms with E-state index in [-0.39, 0.29) is 5.91 Å². The minimum absolute atomic E-state index is 0.114. The Morgan fingerprint density at radius 3 is 2.63 bits per heavy atom. The number of rotatable bonds is 10. The quantitative estimate of drug-likeness (QED) is 0.560. The van der Waals surface area contributed by atoms with E-state index in [1.54, 1.807) is 6.20 Å². The average molecular weight is 432 g/mol. The highest BCUT2D eigenvalue weighted by Crippen LogP contribution is 2.30. The van der Waals surface area contributed by atoms with E-state index in [1.165, 1.54) is 11.3 Å². The number of piperazine rings is 1. The fourth-order valence-electron chi connectivity index (χ4n) is 3.87. The third-order valence-electron chi connectivity index (χ3n) is 5.81. The first-order valence-corrected chi connectivity index (χ1v) is 11.6. The molecule has 1 aromatic carbocycles. The van der Waals surface area contributed by atoms with E-state index in [0.29, 0.717) is 12.4 Å². The van der Waals surface area contributed by atoms with Crippen LogP contribution in [0.5, 0.6) is 0 Å². The zero-order valence-corrected chi connectivity index (χ0v) is 19.0. The molecule has 2 N–H and O–H groups in total. The number of unbranched alkanes of at least 4 members (excludes halogenated alkanes) is 2. The van der Waals surface area contributed by atoms with E-state index in [9.17, 15) is 4.79 Å². The second-order valence-corrected chi connectivity index (χ2v) is 8.24. The van der Waals surface area contributed by atoms with Gasteiger partial charge in [0.25, 0.3) is 5.91 Å². The second-order valence-electron chi connectivity index (χ2n) is 7.86. The van der Waals surface area contributed by atoms with Crippen LogP contribution in [0.2, 0.25) is 5.02 Å². The molecular weight excluding hydrogens is 398 g/mol. The molecule has 2 aromatic rings. The first kappa shape index (κ1) is 22.6. The predicted molar refractivity (Wildman–Crippen MR) is 124 cm³/mol. The summed E-state index contributed by atoms with van der Waals surface area (Å²) in [5, 5.41) is 3.86. The summed E-state index contributed by atoms with van der Waals surface area (Å²) >= 11 is 6.59. The number of H-pyrrole nitrogens is 1. The fourth-order valence-corrected chi connectivity index (χ4v) is 4.25. The number of nitrogens with zero attached hydrogens (tertiary/aromatic N) is 3. The third-order valence-corrected chi connectivity index (χ3v) is 6.25. The predicted octanol–water partition coefficient (Wildman–Crippen LogP) is 3.91. The Morgan fingerprint density at radius 1 is 1.13 bits per heavy atom. The zero-order valence-electron chi connectivity index (χ0n) is 18.2. The van der Waals surface area contributed by atoms with Crippen molar-refractivity contribution in [1.82, 2.24) is 20.2 Å². The van der Waals surface area contributed by atoms with Gasteiger partial charge in [-0.25, -0.2) is 4.98 Å². The highest BCUT2D eigenvalue weighted by molar-refractivity contribution is 6.34. The standard InChI is InChI=1S/C23H34ClN5O/c1-3-18-9-8-10-20(21(18)24)29-15-13-28(14-16-29)12-7-5-6-11-25-23(30)22-26-17-19(4-2)27-22/h8-10,17H,3-7,11-16H2,1-2H3,(H,25,30)(H,26,27). The largest absolute Gasteiger partial charge is 0.368 e. The first-order valence-electron chi connectivity index (χ1n) is 11.2. The van der Waals surface area contributed by atoms with Crippen LogP contribution in [0.25, 0.3) is 0 Å². The maximum Gasteiger partial charge on any atom is 0.287 e. The van der Waals surface area contributed by atoms with Gasteiger partial charge >= 0.3 is 0 Å². The van der Waals surface area contributed by atoms with Gasteiger partial charge in [-0.15, -0.1) is 0 Å². The summed E-state index contributed by atoms with van der Waals surface area (Å²) < 4.78 is 0. The van der Waals surface area contributed by atoms with Crippen LogP contribution in [0.3, 0.4) is 0 Å². The average Bonchev–Trinajstić information content (AvgIpc) is 3.26. The summed E-state index contributed by atoms with van der Waals surface area (Å²) in [4.78, 5) is 24.1. The molecule has 0 radical (unpaired) electrons. The van der Waals surface area contributed by atoms with Gasteiger partial charge in [0.1, 0.15) is 0 Å². The van der Waals surface area contributed by atoms with Crippen molar-refractivity contribution in [3.8, 4) is 0 Å². The van der Waals surface area contributed by atoms with Crippen LogP contribution in [0, 0.1) is 0 Å². The molecule has 30 heavy (non-hydrogen) atoms.